The van der Waals surface area contributed by atoms with Crippen molar-refractivity contribution >= 4 is 10.0 Å². The van der Waals surface area contributed by atoms with E-state index in [2.05, 4.69) is 147 Å². The summed E-state index contributed by atoms with van der Waals surface area (Å²) in [5.74, 6) is 1.28. The van der Waals surface area contributed by atoms with E-state index in [0.29, 0.717) is 28.8 Å². The zero-order valence-electron chi connectivity index (χ0n) is 34.6. The summed E-state index contributed by atoms with van der Waals surface area (Å²) >= 11 is 0. The average Bonchev–Trinajstić information content (AvgIpc) is 3.73. The topological polar surface area (TPSA) is 64.6 Å². The molecule has 2 rings (SSSR count). The molecule has 1 aliphatic carbocycles. The number of ether oxygens (including phenoxy) is 2. The van der Waals surface area contributed by atoms with Gasteiger partial charge in [-0.1, -0.05) is 121 Å². The van der Waals surface area contributed by atoms with Gasteiger partial charge >= 0.3 is 0 Å². The Labute approximate surface area is 289 Å². The minimum absolute atomic E-state index is 0.0330. The summed E-state index contributed by atoms with van der Waals surface area (Å²) in [5.41, 5.74) is 3.80. The molecule has 0 spiro atoms. The molecule has 0 aliphatic heterocycles. The first kappa shape index (κ1) is 49.4. The Hall–Kier alpha value is -0.950. The normalized spacial score (nSPS) is 14.0. The van der Waals surface area contributed by atoms with Gasteiger partial charge in [0, 0.05) is 11.5 Å². The first-order valence-corrected chi connectivity index (χ1v) is 19.4. The van der Waals surface area contributed by atoms with E-state index in [1.165, 1.54) is 11.1 Å². The number of hydrogen-bond acceptors (Lipinski definition) is 4. The van der Waals surface area contributed by atoms with Crippen LogP contribution in [-0.4, -0.2) is 44.6 Å². The fourth-order valence-corrected chi connectivity index (χ4v) is 4.53. The van der Waals surface area contributed by atoms with Gasteiger partial charge in [-0.2, -0.15) is 0 Å². The standard InChI is InChI=1S/C12H26O2.C12H18.C8H18.C6H13NO2S.C2H6/c1-10(2)13-8-12(6,7)9-14-11(3,4)5;1-9(2)11-6-5-7-12(8-11)10(3)4;1-7(2,3)8(4,5)6;1-5(2)7-10(8,9)6-3-4-6;1-2/h10H,8-9H2,1-7H3;5-10H,1-4H3;1-6H3;5-7H,3-4H2,1-2H3;1-2H3. The van der Waals surface area contributed by atoms with Crippen LogP contribution in [0.2, 0.25) is 0 Å². The zero-order valence-corrected chi connectivity index (χ0v) is 35.4. The molecule has 0 saturated heterocycles. The van der Waals surface area contributed by atoms with Gasteiger partial charge in [0.15, 0.2) is 0 Å². The number of hydrogen-bond donors (Lipinski definition) is 1. The van der Waals surface area contributed by atoms with E-state index in [1.807, 2.05) is 27.7 Å². The van der Waals surface area contributed by atoms with Crippen LogP contribution in [0.1, 0.15) is 181 Å². The van der Waals surface area contributed by atoms with Crippen molar-refractivity contribution in [2.75, 3.05) is 13.2 Å². The summed E-state index contributed by atoms with van der Waals surface area (Å²) in [5, 5.41) is -0.0881. The highest BCUT2D eigenvalue weighted by Crippen LogP contribution is 2.36. The van der Waals surface area contributed by atoms with E-state index in [9.17, 15) is 8.42 Å². The SMILES string of the molecule is CC.CC(C)(C)C(C)(C)C.CC(C)NS(=O)(=O)C1CC1.CC(C)OCC(C)(C)COC(C)(C)C.CC(C)c1cccc(C(C)C)c1. The van der Waals surface area contributed by atoms with Crippen molar-refractivity contribution in [3.8, 4) is 0 Å². The molecule has 0 atom stereocenters. The quantitative estimate of drug-likeness (QED) is 0.269. The molecular weight excluding hydrogens is 591 g/mol. The minimum atomic E-state index is -2.94. The van der Waals surface area contributed by atoms with Crippen molar-refractivity contribution in [1.29, 1.82) is 0 Å². The second-order valence-corrected chi connectivity index (χ2v) is 19.4. The van der Waals surface area contributed by atoms with E-state index in [-0.39, 0.29) is 22.3 Å². The highest BCUT2D eigenvalue weighted by atomic mass is 32.2. The van der Waals surface area contributed by atoms with Gasteiger partial charge in [0.25, 0.3) is 0 Å². The Balaban J connectivity index is -0.000000535. The number of nitrogens with one attached hydrogen (secondary N) is 1. The second-order valence-electron chi connectivity index (χ2n) is 17.4. The van der Waals surface area contributed by atoms with Gasteiger partial charge in [-0.3, -0.25) is 0 Å². The molecule has 0 bridgehead atoms. The van der Waals surface area contributed by atoms with Gasteiger partial charge in [0.05, 0.1) is 30.2 Å². The summed E-state index contributed by atoms with van der Waals surface area (Å²) in [7, 11) is -2.94. The first-order chi connectivity index (χ1) is 20.5. The third-order valence-electron chi connectivity index (χ3n) is 7.56. The van der Waals surface area contributed by atoms with Crippen LogP contribution in [0.25, 0.3) is 0 Å². The molecule has 0 radical (unpaired) electrons. The predicted octanol–water partition coefficient (Wildman–Crippen LogP) is 11.8. The molecule has 0 aromatic heterocycles. The van der Waals surface area contributed by atoms with Crippen LogP contribution in [0.4, 0.5) is 0 Å². The van der Waals surface area contributed by atoms with Gasteiger partial charge < -0.3 is 9.47 Å². The van der Waals surface area contributed by atoms with Crippen LogP contribution in [-0.2, 0) is 19.5 Å². The molecule has 6 heteroatoms. The van der Waals surface area contributed by atoms with Crippen molar-refractivity contribution in [2.24, 2.45) is 16.2 Å². The molecule has 0 heterocycles. The molecule has 1 aromatic carbocycles. The number of sulfonamides is 1. The lowest BCUT2D eigenvalue weighted by Crippen LogP contribution is -2.32. The third kappa shape index (κ3) is 27.0. The summed E-state index contributed by atoms with van der Waals surface area (Å²) in [6, 6.07) is 8.91. The number of benzene rings is 1. The highest BCUT2D eigenvalue weighted by molar-refractivity contribution is 7.90. The molecule has 5 nitrogen and oxygen atoms in total. The molecule has 0 unspecified atom stereocenters. The molecule has 276 valence electrons. The molecule has 1 aliphatic rings. The maximum Gasteiger partial charge on any atom is 0.214 e. The maximum absolute atomic E-state index is 11.1. The largest absolute Gasteiger partial charge is 0.378 e. The molecule has 1 N–H and O–H groups in total. The van der Waals surface area contributed by atoms with E-state index in [0.717, 1.165) is 26.1 Å². The molecular formula is C40H81NO4S. The lowest BCUT2D eigenvalue weighted by Gasteiger charge is -2.34. The van der Waals surface area contributed by atoms with E-state index in [4.69, 9.17) is 9.47 Å². The lowest BCUT2D eigenvalue weighted by molar-refractivity contribution is -0.0745. The molecule has 0 amide bonds. The van der Waals surface area contributed by atoms with Gasteiger partial charge in [-0.15, -0.1) is 0 Å². The van der Waals surface area contributed by atoms with E-state index >= 15 is 0 Å². The Morgan fingerprint density at radius 1 is 0.717 bits per heavy atom. The highest BCUT2D eigenvalue weighted by Gasteiger charge is 2.35. The Morgan fingerprint density at radius 3 is 1.37 bits per heavy atom. The summed E-state index contributed by atoms with van der Waals surface area (Å²) in [6.07, 6.45) is 1.97. The monoisotopic (exact) mass is 672 g/mol. The predicted molar refractivity (Wildman–Crippen MR) is 206 cm³/mol. The van der Waals surface area contributed by atoms with Crippen molar-refractivity contribution in [3.63, 3.8) is 0 Å². The maximum atomic E-state index is 11.1. The Morgan fingerprint density at radius 2 is 1.11 bits per heavy atom. The molecule has 1 fully saturated rings. The van der Waals surface area contributed by atoms with E-state index in [1.54, 1.807) is 0 Å². The van der Waals surface area contributed by atoms with Crippen LogP contribution in [0.15, 0.2) is 24.3 Å². The summed E-state index contributed by atoms with van der Waals surface area (Å²) in [4.78, 5) is 0. The van der Waals surface area contributed by atoms with Crippen LogP contribution >= 0.6 is 0 Å². The fraction of sp³-hybridized carbons (Fsp3) is 0.850. The second kappa shape index (κ2) is 21.9. The van der Waals surface area contributed by atoms with Gasteiger partial charge in [-0.25, -0.2) is 13.1 Å². The first-order valence-electron chi connectivity index (χ1n) is 17.9. The summed E-state index contributed by atoms with van der Waals surface area (Å²) < 4.78 is 36.1. The van der Waals surface area contributed by atoms with Crippen LogP contribution in [0.3, 0.4) is 0 Å². The van der Waals surface area contributed by atoms with Crippen molar-refractivity contribution in [2.45, 2.75) is 193 Å². The number of rotatable bonds is 10. The Kier molecular flexibility index (Phi) is 23.5. The average molecular weight is 672 g/mol. The molecule has 1 saturated carbocycles. The third-order valence-corrected chi connectivity index (χ3v) is 9.71. The zero-order chi connectivity index (χ0) is 37.3. The van der Waals surface area contributed by atoms with Crippen LogP contribution < -0.4 is 4.72 Å². The molecule has 1 aromatic rings. The van der Waals surface area contributed by atoms with Gasteiger partial charge in [-0.05, 0) is 95.1 Å². The van der Waals surface area contributed by atoms with Crippen molar-refractivity contribution < 1.29 is 17.9 Å². The smallest absolute Gasteiger partial charge is 0.214 e. The van der Waals surface area contributed by atoms with Gasteiger partial charge in [0.2, 0.25) is 10.0 Å². The molecule has 46 heavy (non-hydrogen) atoms. The van der Waals surface area contributed by atoms with Crippen molar-refractivity contribution in [1.82, 2.24) is 4.72 Å². The minimum Gasteiger partial charge on any atom is -0.378 e. The van der Waals surface area contributed by atoms with Crippen molar-refractivity contribution in [3.05, 3.63) is 35.4 Å². The fourth-order valence-electron chi connectivity index (χ4n) is 2.93. The lowest BCUT2D eigenvalue weighted by atomic mass is 9.71. The van der Waals surface area contributed by atoms with Crippen LogP contribution in [0, 0.1) is 16.2 Å². The summed E-state index contributed by atoms with van der Waals surface area (Å²) in [6.45, 7) is 46.4. The Bertz CT molecular complexity index is 966. The van der Waals surface area contributed by atoms with Crippen LogP contribution in [0.5, 0.6) is 0 Å². The van der Waals surface area contributed by atoms with Gasteiger partial charge in [0.1, 0.15) is 0 Å². The van der Waals surface area contributed by atoms with E-state index < -0.39 is 10.0 Å².